The monoisotopic (exact) mass is 224 g/mol. The van der Waals surface area contributed by atoms with Crippen molar-refractivity contribution >= 4 is 0 Å². The molecule has 0 aromatic carbocycles. The first kappa shape index (κ1) is 15.5. The second-order valence-electron chi connectivity index (χ2n) is 5.70. The Kier molecular flexibility index (Phi) is 8.39. The first-order valence-electron chi connectivity index (χ1n) is 6.51. The van der Waals surface area contributed by atoms with Crippen LogP contribution < -0.4 is 0 Å². The Morgan fingerprint density at radius 2 is 1.62 bits per heavy atom. The van der Waals surface area contributed by atoms with Crippen LogP contribution >= 0.6 is 0 Å². The van der Waals surface area contributed by atoms with Gasteiger partial charge in [0.1, 0.15) is 0 Å². The van der Waals surface area contributed by atoms with Gasteiger partial charge in [0.05, 0.1) is 12.2 Å². The van der Waals surface area contributed by atoms with Gasteiger partial charge in [0.15, 0.2) is 0 Å². The van der Waals surface area contributed by atoms with Gasteiger partial charge in [-0.25, -0.2) is 0 Å². The minimum Gasteiger partial charge on any atom is -0.375 e. The molecule has 1 nitrogen and oxygen atoms in total. The van der Waals surface area contributed by atoms with Crippen molar-refractivity contribution in [1.82, 2.24) is 0 Å². The Morgan fingerprint density at radius 3 is 2.19 bits per heavy atom. The van der Waals surface area contributed by atoms with Crippen molar-refractivity contribution in [2.45, 2.75) is 72.3 Å². The molecule has 0 amide bonds. The van der Waals surface area contributed by atoms with E-state index in [1.165, 1.54) is 19.3 Å². The smallest absolute Gasteiger partial charge is 0.0598 e. The fourth-order valence-electron chi connectivity index (χ4n) is 1.35. The summed E-state index contributed by atoms with van der Waals surface area (Å²) < 4.78 is 5.59. The zero-order chi connectivity index (χ0) is 12.4. The van der Waals surface area contributed by atoms with E-state index in [9.17, 15) is 0 Å². The van der Waals surface area contributed by atoms with Crippen LogP contribution in [0.5, 0.6) is 0 Å². The van der Waals surface area contributed by atoms with Crippen LogP contribution in [0.4, 0.5) is 0 Å². The highest BCUT2D eigenvalue weighted by Gasteiger charge is 2.07. The van der Waals surface area contributed by atoms with Gasteiger partial charge >= 0.3 is 0 Å². The number of unbranched alkanes of at least 4 members (excludes halogenated alkanes) is 2. The molecule has 0 bridgehead atoms. The summed E-state index contributed by atoms with van der Waals surface area (Å²) in [6.45, 7) is 11.5. The normalized spacial score (nSPS) is 11.4. The summed E-state index contributed by atoms with van der Waals surface area (Å²) in [6.07, 6.45) is 5.79. The predicted molar refractivity (Wildman–Crippen MR) is 71.4 cm³/mol. The van der Waals surface area contributed by atoms with Crippen LogP contribution in [-0.4, -0.2) is 12.2 Å². The second kappa shape index (κ2) is 8.65. The van der Waals surface area contributed by atoms with Crippen molar-refractivity contribution in [3.8, 4) is 11.8 Å². The molecule has 0 rings (SSSR count). The predicted octanol–water partition coefficient (Wildman–Crippen LogP) is 4.41. The molecule has 0 unspecified atom stereocenters. The van der Waals surface area contributed by atoms with Crippen LogP contribution in [-0.2, 0) is 4.74 Å². The van der Waals surface area contributed by atoms with Gasteiger partial charge < -0.3 is 4.74 Å². The molecule has 94 valence electrons. The lowest BCUT2D eigenvalue weighted by Crippen LogP contribution is -2.19. The van der Waals surface area contributed by atoms with E-state index in [2.05, 4.69) is 46.5 Å². The molecule has 0 heterocycles. The van der Waals surface area contributed by atoms with Crippen LogP contribution in [0.2, 0.25) is 0 Å². The fraction of sp³-hybridized carbons (Fsp3) is 0.867. The molecule has 0 aromatic heterocycles. The third kappa shape index (κ3) is 13.5. The first-order valence-corrected chi connectivity index (χ1v) is 6.51. The van der Waals surface area contributed by atoms with E-state index in [1.54, 1.807) is 0 Å². The Hall–Kier alpha value is -0.480. The van der Waals surface area contributed by atoms with E-state index in [0.717, 1.165) is 25.4 Å². The van der Waals surface area contributed by atoms with Gasteiger partial charge in [0, 0.05) is 12.8 Å². The number of rotatable bonds is 6. The molecule has 0 spiro atoms. The molecule has 0 saturated carbocycles. The molecular formula is C15H28O. The van der Waals surface area contributed by atoms with Crippen molar-refractivity contribution < 1.29 is 4.74 Å². The van der Waals surface area contributed by atoms with Gasteiger partial charge in [0.2, 0.25) is 0 Å². The van der Waals surface area contributed by atoms with E-state index < -0.39 is 0 Å². The molecule has 16 heavy (non-hydrogen) atoms. The molecule has 0 aromatic rings. The van der Waals surface area contributed by atoms with Crippen molar-refractivity contribution in [1.29, 1.82) is 0 Å². The summed E-state index contributed by atoms with van der Waals surface area (Å²) in [5, 5.41) is 0. The molecule has 0 radical (unpaired) electrons. The third-order valence-electron chi connectivity index (χ3n) is 2.22. The van der Waals surface area contributed by atoms with Gasteiger partial charge in [-0.05, 0) is 33.1 Å². The highest BCUT2D eigenvalue weighted by atomic mass is 16.5. The van der Waals surface area contributed by atoms with Crippen LogP contribution in [0.25, 0.3) is 0 Å². The molecule has 0 aliphatic carbocycles. The quantitative estimate of drug-likeness (QED) is 0.479. The van der Waals surface area contributed by atoms with Crippen LogP contribution in [0.3, 0.4) is 0 Å². The average molecular weight is 224 g/mol. The van der Waals surface area contributed by atoms with Crippen LogP contribution in [0.1, 0.15) is 66.7 Å². The Bertz CT molecular complexity index is 212. The molecule has 0 N–H and O–H groups in total. The maximum Gasteiger partial charge on any atom is 0.0598 e. The highest BCUT2D eigenvalue weighted by molar-refractivity contribution is 4.98. The molecular weight excluding hydrogens is 196 g/mol. The lowest BCUT2D eigenvalue weighted by atomic mass is 10.1. The number of ether oxygens (including phenoxy) is 1. The van der Waals surface area contributed by atoms with E-state index >= 15 is 0 Å². The molecule has 1 heteroatoms. The Labute approximate surface area is 102 Å². The van der Waals surface area contributed by atoms with Crippen molar-refractivity contribution in [3.05, 3.63) is 0 Å². The van der Waals surface area contributed by atoms with E-state index in [0.29, 0.717) is 0 Å². The molecule has 0 aliphatic heterocycles. The van der Waals surface area contributed by atoms with Crippen molar-refractivity contribution in [3.63, 3.8) is 0 Å². The van der Waals surface area contributed by atoms with Crippen LogP contribution in [0.15, 0.2) is 0 Å². The third-order valence-corrected chi connectivity index (χ3v) is 2.22. The van der Waals surface area contributed by atoms with Gasteiger partial charge in [-0.2, -0.15) is 0 Å². The molecule has 0 fully saturated rings. The number of hydrogen-bond acceptors (Lipinski definition) is 1. The summed E-state index contributed by atoms with van der Waals surface area (Å²) >= 11 is 0. The summed E-state index contributed by atoms with van der Waals surface area (Å²) in [4.78, 5) is 0. The first-order chi connectivity index (χ1) is 7.42. The Balaban J connectivity index is 3.29. The van der Waals surface area contributed by atoms with Crippen molar-refractivity contribution in [2.75, 3.05) is 6.61 Å². The summed E-state index contributed by atoms with van der Waals surface area (Å²) in [6, 6.07) is 0. The summed E-state index contributed by atoms with van der Waals surface area (Å²) in [7, 11) is 0. The topological polar surface area (TPSA) is 9.23 Å². The largest absolute Gasteiger partial charge is 0.375 e. The van der Waals surface area contributed by atoms with Gasteiger partial charge in [-0.15, -0.1) is 11.8 Å². The highest BCUT2D eigenvalue weighted by Crippen LogP contribution is 2.08. The van der Waals surface area contributed by atoms with E-state index in [1.807, 2.05) is 0 Å². The standard InChI is InChI=1S/C15H28O/c1-14(2)12-10-8-6-7-9-11-13-16-15(3,4)5/h14H,6,8,10-13H2,1-5H3. The lowest BCUT2D eigenvalue weighted by Gasteiger charge is -2.18. The van der Waals surface area contributed by atoms with E-state index in [4.69, 9.17) is 4.74 Å². The molecule has 0 aliphatic rings. The zero-order valence-corrected chi connectivity index (χ0v) is 11.7. The number of hydrogen-bond donors (Lipinski definition) is 0. The fourth-order valence-corrected chi connectivity index (χ4v) is 1.35. The Morgan fingerprint density at radius 1 is 1.00 bits per heavy atom. The van der Waals surface area contributed by atoms with Gasteiger partial charge in [0.25, 0.3) is 0 Å². The zero-order valence-electron chi connectivity index (χ0n) is 11.7. The van der Waals surface area contributed by atoms with Gasteiger partial charge in [-0.1, -0.05) is 26.7 Å². The van der Waals surface area contributed by atoms with Gasteiger partial charge in [-0.3, -0.25) is 0 Å². The lowest BCUT2D eigenvalue weighted by molar-refractivity contribution is 0.000593. The second-order valence-corrected chi connectivity index (χ2v) is 5.70. The van der Waals surface area contributed by atoms with Crippen LogP contribution in [0, 0.1) is 17.8 Å². The minimum absolute atomic E-state index is 0.0288. The SMILES string of the molecule is CC(C)CCCCC#CCCOC(C)(C)C. The maximum absolute atomic E-state index is 5.59. The molecule has 0 saturated heterocycles. The van der Waals surface area contributed by atoms with Crippen molar-refractivity contribution in [2.24, 2.45) is 5.92 Å². The summed E-state index contributed by atoms with van der Waals surface area (Å²) in [5.41, 5.74) is -0.0288. The maximum atomic E-state index is 5.59. The minimum atomic E-state index is -0.0288. The molecule has 0 atom stereocenters. The van der Waals surface area contributed by atoms with E-state index in [-0.39, 0.29) is 5.60 Å². The summed E-state index contributed by atoms with van der Waals surface area (Å²) in [5.74, 6) is 7.21. The average Bonchev–Trinajstić information content (AvgIpc) is 2.13.